The van der Waals surface area contributed by atoms with Gasteiger partial charge >= 0.3 is 6.18 Å². The van der Waals surface area contributed by atoms with Gasteiger partial charge in [-0.2, -0.15) is 13.2 Å². The lowest BCUT2D eigenvalue weighted by Crippen LogP contribution is -2.12. The van der Waals surface area contributed by atoms with Crippen molar-refractivity contribution in [3.63, 3.8) is 0 Å². The van der Waals surface area contributed by atoms with Crippen molar-refractivity contribution in [1.82, 2.24) is 9.55 Å². The Kier molecular flexibility index (Phi) is 4.32. The van der Waals surface area contributed by atoms with E-state index < -0.39 is 23.7 Å². The smallest absolute Gasteiger partial charge is 0.388 e. The van der Waals surface area contributed by atoms with Crippen LogP contribution in [0.3, 0.4) is 0 Å². The average molecular weight is 302 g/mol. The van der Waals surface area contributed by atoms with Crippen molar-refractivity contribution >= 4 is 0 Å². The molecular weight excluding hydrogens is 288 g/mol. The van der Waals surface area contributed by atoms with E-state index in [0.717, 1.165) is 6.07 Å². The van der Waals surface area contributed by atoms with Crippen molar-refractivity contribution in [2.45, 2.75) is 32.2 Å². The Morgan fingerprint density at radius 2 is 2.05 bits per heavy atom. The summed E-state index contributed by atoms with van der Waals surface area (Å²) in [6.45, 7) is 2.52. The molecule has 0 saturated heterocycles. The highest BCUT2D eigenvalue weighted by Crippen LogP contribution is 2.33. The number of aryl methyl sites for hydroxylation is 1. The molecule has 21 heavy (non-hydrogen) atoms. The number of alkyl halides is 3. The Hall–Kier alpha value is -1.89. The summed E-state index contributed by atoms with van der Waals surface area (Å²) in [5, 5.41) is 10.1. The van der Waals surface area contributed by atoms with E-state index in [2.05, 4.69) is 4.98 Å². The summed E-state index contributed by atoms with van der Waals surface area (Å²) in [6.07, 6.45) is -2.64. The zero-order chi connectivity index (χ0) is 15.6. The molecule has 0 spiro atoms. The van der Waals surface area contributed by atoms with Crippen LogP contribution in [-0.2, 0) is 19.1 Å². The quantitative estimate of drug-likeness (QED) is 0.880. The highest BCUT2D eigenvalue weighted by Gasteiger charge is 2.34. The molecule has 3 nitrogen and oxygen atoms in total. The Morgan fingerprint density at radius 1 is 1.33 bits per heavy atom. The lowest BCUT2D eigenvalue weighted by Gasteiger charge is -2.15. The maximum absolute atomic E-state index is 13.2. The van der Waals surface area contributed by atoms with Crippen LogP contribution in [0.2, 0.25) is 0 Å². The summed E-state index contributed by atoms with van der Waals surface area (Å²) < 4.78 is 52.9. The molecule has 1 unspecified atom stereocenters. The van der Waals surface area contributed by atoms with Crippen molar-refractivity contribution in [2.24, 2.45) is 0 Å². The monoisotopic (exact) mass is 302 g/mol. The van der Waals surface area contributed by atoms with Crippen molar-refractivity contribution in [2.75, 3.05) is 0 Å². The lowest BCUT2D eigenvalue weighted by atomic mass is 10.0. The van der Waals surface area contributed by atoms with Gasteiger partial charge in [0.15, 0.2) is 0 Å². The van der Waals surface area contributed by atoms with E-state index in [1.54, 1.807) is 17.0 Å². The van der Waals surface area contributed by atoms with E-state index in [0.29, 0.717) is 24.5 Å². The topological polar surface area (TPSA) is 38.0 Å². The normalized spacial score (nSPS) is 13.4. The lowest BCUT2D eigenvalue weighted by molar-refractivity contribution is -0.140. The number of benzene rings is 1. The van der Waals surface area contributed by atoms with Crippen LogP contribution in [0, 0.1) is 5.82 Å². The average Bonchev–Trinajstić information content (AvgIpc) is 2.85. The molecule has 1 heterocycles. The van der Waals surface area contributed by atoms with Gasteiger partial charge in [0.2, 0.25) is 0 Å². The molecule has 0 bridgehead atoms. The largest absolute Gasteiger partial charge is 0.419 e. The standard InChI is InChI=1S/C14H14F4N2O/c1-2-20-6-5-19-13(20)8-12(21)9-3-4-11(15)10(7-9)14(16,17)18/h3-7,12,21H,2,8H2,1H3. The van der Waals surface area contributed by atoms with Gasteiger partial charge in [-0.05, 0) is 24.6 Å². The number of rotatable bonds is 4. The molecule has 0 aliphatic heterocycles. The highest BCUT2D eigenvalue weighted by molar-refractivity contribution is 5.29. The number of nitrogens with zero attached hydrogens (tertiary/aromatic N) is 2. The molecule has 2 aromatic rings. The van der Waals surface area contributed by atoms with Gasteiger partial charge in [-0.25, -0.2) is 9.37 Å². The third-order valence-corrected chi connectivity index (χ3v) is 3.20. The van der Waals surface area contributed by atoms with Crippen LogP contribution in [0.1, 0.15) is 30.0 Å². The third kappa shape index (κ3) is 3.41. The Labute approximate surface area is 118 Å². The summed E-state index contributed by atoms with van der Waals surface area (Å²) in [6, 6.07) is 2.50. The summed E-state index contributed by atoms with van der Waals surface area (Å²) >= 11 is 0. The molecule has 0 radical (unpaired) electrons. The molecular formula is C14H14F4N2O. The molecule has 1 atom stereocenters. The fourth-order valence-corrected chi connectivity index (χ4v) is 2.08. The number of hydrogen-bond donors (Lipinski definition) is 1. The molecule has 2 rings (SSSR count). The first-order chi connectivity index (χ1) is 9.82. The van der Waals surface area contributed by atoms with Crippen LogP contribution in [-0.4, -0.2) is 14.7 Å². The van der Waals surface area contributed by atoms with Crippen molar-refractivity contribution in [3.8, 4) is 0 Å². The van der Waals surface area contributed by atoms with Crippen molar-refractivity contribution in [3.05, 3.63) is 53.4 Å². The molecule has 1 N–H and O–H groups in total. The summed E-state index contributed by atoms with van der Waals surface area (Å²) in [5.41, 5.74) is -1.37. The molecule has 0 saturated carbocycles. The Balaban J connectivity index is 2.26. The number of aliphatic hydroxyl groups excluding tert-OH is 1. The van der Waals surface area contributed by atoms with Crippen LogP contribution < -0.4 is 0 Å². The van der Waals surface area contributed by atoms with Gasteiger partial charge in [-0.1, -0.05) is 6.07 Å². The van der Waals surface area contributed by atoms with E-state index in [4.69, 9.17) is 0 Å². The molecule has 1 aromatic carbocycles. The molecule has 1 aromatic heterocycles. The number of halogens is 4. The van der Waals surface area contributed by atoms with Gasteiger partial charge in [-0.15, -0.1) is 0 Å². The maximum atomic E-state index is 13.2. The number of hydrogen-bond acceptors (Lipinski definition) is 2. The van der Waals surface area contributed by atoms with Crippen LogP contribution in [0.5, 0.6) is 0 Å². The SMILES string of the molecule is CCn1ccnc1CC(O)c1ccc(F)c(C(F)(F)F)c1. The van der Waals surface area contributed by atoms with Crippen LogP contribution in [0.4, 0.5) is 17.6 Å². The zero-order valence-corrected chi connectivity index (χ0v) is 11.2. The van der Waals surface area contributed by atoms with Crippen LogP contribution in [0.25, 0.3) is 0 Å². The summed E-state index contributed by atoms with van der Waals surface area (Å²) in [5.74, 6) is -0.795. The predicted octanol–water partition coefficient (Wildman–Crippen LogP) is 3.34. The number of aromatic nitrogens is 2. The highest BCUT2D eigenvalue weighted by atomic mass is 19.4. The van der Waals surface area contributed by atoms with Gasteiger partial charge in [0.05, 0.1) is 11.7 Å². The molecule has 0 amide bonds. The van der Waals surface area contributed by atoms with E-state index >= 15 is 0 Å². The van der Waals surface area contributed by atoms with Gasteiger partial charge in [0.1, 0.15) is 11.6 Å². The first-order valence-electron chi connectivity index (χ1n) is 6.37. The first-order valence-corrected chi connectivity index (χ1v) is 6.37. The summed E-state index contributed by atoms with van der Waals surface area (Å²) in [4.78, 5) is 4.05. The Bertz CT molecular complexity index is 622. The van der Waals surface area contributed by atoms with Crippen molar-refractivity contribution in [1.29, 1.82) is 0 Å². The second-order valence-electron chi connectivity index (χ2n) is 4.59. The van der Waals surface area contributed by atoms with E-state index in [9.17, 15) is 22.7 Å². The molecule has 7 heteroatoms. The molecule has 0 aliphatic rings. The number of imidazole rings is 1. The minimum absolute atomic E-state index is 0.00868. The minimum atomic E-state index is -4.79. The Morgan fingerprint density at radius 3 is 2.67 bits per heavy atom. The second kappa shape index (κ2) is 5.85. The van der Waals surface area contributed by atoms with Gasteiger partial charge in [-0.3, -0.25) is 0 Å². The number of aliphatic hydroxyl groups is 1. The van der Waals surface area contributed by atoms with E-state index in [-0.39, 0.29) is 12.0 Å². The maximum Gasteiger partial charge on any atom is 0.419 e. The molecule has 114 valence electrons. The second-order valence-corrected chi connectivity index (χ2v) is 4.59. The fraction of sp³-hybridized carbons (Fsp3) is 0.357. The van der Waals surface area contributed by atoms with Gasteiger partial charge in [0, 0.05) is 25.4 Å². The van der Waals surface area contributed by atoms with Crippen LogP contribution >= 0.6 is 0 Å². The fourth-order valence-electron chi connectivity index (χ4n) is 2.08. The minimum Gasteiger partial charge on any atom is -0.388 e. The third-order valence-electron chi connectivity index (χ3n) is 3.20. The predicted molar refractivity (Wildman–Crippen MR) is 68.0 cm³/mol. The van der Waals surface area contributed by atoms with Crippen molar-refractivity contribution < 1.29 is 22.7 Å². The van der Waals surface area contributed by atoms with Gasteiger partial charge < -0.3 is 9.67 Å². The molecule has 0 fully saturated rings. The first kappa shape index (κ1) is 15.5. The van der Waals surface area contributed by atoms with E-state index in [1.807, 2.05) is 6.92 Å². The molecule has 0 aliphatic carbocycles. The van der Waals surface area contributed by atoms with Crippen LogP contribution in [0.15, 0.2) is 30.6 Å². The zero-order valence-electron chi connectivity index (χ0n) is 11.2. The summed E-state index contributed by atoms with van der Waals surface area (Å²) in [7, 11) is 0. The van der Waals surface area contributed by atoms with Gasteiger partial charge in [0.25, 0.3) is 0 Å². The van der Waals surface area contributed by atoms with E-state index in [1.165, 1.54) is 0 Å².